The Morgan fingerprint density at radius 1 is 1.11 bits per heavy atom. The topological polar surface area (TPSA) is 50.4 Å². The molecule has 0 aliphatic carbocycles. The van der Waals surface area contributed by atoms with Gasteiger partial charge < -0.3 is 9.52 Å². The summed E-state index contributed by atoms with van der Waals surface area (Å²) >= 11 is 0. The van der Waals surface area contributed by atoms with Crippen molar-refractivity contribution < 1.29 is 14.3 Å². The summed E-state index contributed by atoms with van der Waals surface area (Å²) in [5.41, 5.74) is 2.93. The quantitative estimate of drug-likeness (QED) is 0.746. The van der Waals surface area contributed by atoms with Crippen molar-refractivity contribution in [2.75, 3.05) is 0 Å². The van der Waals surface area contributed by atoms with Crippen molar-refractivity contribution in [3.63, 3.8) is 0 Å². The molecule has 3 heteroatoms. The van der Waals surface area contributed by atoms with E-state index in [2.05, 4.69) is 0 Å². The van der Waals surface area contributed by atoms with Crippen molar-refractivity contribution in [1.29, 1.82) is 0 Å². The first-order valence-electron chi connectivity index (χ1n) is 5.98. The number of rotatable bonds is 2. The Morgan fingerprint density at radius 3 is 2.58 bits per heavy atom. The molecular weight excluding hydrogens is 240 g/mol. The van der Waals surface area contributed by atoms with Crippen LogP contribution in [0.25, 0.3) is 22.3 Å². The molecule has 1 aromatic heterocycles. The van der Waals surface area contributed by atoms with E-state index in [1.165, 1.54) is 0 Å². The maximum atomic E-state index is 10.9. The molecule has 0 fully saturated rings. The number of carboxylic acid groups (broad SMARTS) is 1. The molecule has 94 valence electrons. The van der Waals surface area contributed by atoms with Gasteiger partial charge in [-0.05, 0) is 36.8 Å². The maximum Gasteiger partial charge on any atom is 0.335 e. The molecule has 3 nitrogen and oxygen atoms in total. The van der Waals surface area contributed by atoms with Crippen LogP contribution in [0.4, 0.5) is 0 Å². The summed E-state index contributed by atoms with van der Waals surface area (Å²) in [5.74, 6) is -0.158. The van der Waals surface area contributed by atoms with Crippen molar-refractivity contribution >= 4 is 16.9 Å². The van der Waals surface area contributed by atoms with Crippen molar-refractivity contribution in [2.45, 2.75) is 6.92 Å². The van der Waals surface area contributed by atoms with Crippen LogP contribution in [0.1, 0.15) is 15.9 Å². The summed E-state index contributed by atoms with van der Waals surface area (Å²) in [6.07, 6.45) is 0. The van der Waals surface area contributed by atoms with Gasteiger partial charge in [0, 0.05) is 10.9 Å². The Bertz CT molecular complexity index is 736. The first kappa shape index (κ1) is 11.5. The third kappa shape index (κ3) is 1.99. The van der Waals surface area contributed by atoms with Crippen LogP contribution in [-0.4, -0.2) is 11.1 Å². The van der Waals surface area contributed by atoms with Crippen LogP contribution < -0.4 is 0 Å². The summed E-state index contributed by atoms with van der Waals surface area (Å²) in [6, 6.07) is 14.8. The van der Waals surface area contributed by atoms with Crippen molar-refractivity contribution in [2.24, 2.45) is 0 Å². The molecule has 0 saturated heterocycles. The van der Waals surface area contributed by atoms with Gasteiger partial charge in [0.15, 0.2) is 0 Å². The molecule has 1 heterocycles. The van der Waals surface area contributed by atoms with Crippen LogP contribution in [0.3, 0.4) is 0 Å². The number of aromatic carboxylic acids is 1. The van der Waals surface area contributed by atoms with E-state index in [-0.39, 0.29) is 5.56 Å². The first-order chi connectivity index (χ1) is 9.15. The monoisotopic (exact) mass is 252 g/mol. The van der Waals surface area contributed by atoms with Gasteiger partial charge >= 0.3 is 5.97 Å². The molecule has 0 unspecified atom stereocenters. The Hall–Kier alpha value is -2.55. The van der Waals surface area contributed by atoms with Gasteiger partial charge in [-0.3, -0.25) is 0 Å². The highest BCUT2D eigenvalue weighted by atomic mass is 16.4. The zero-order chi connectivity index (χ0) is 13.4. The third-order valence-electron chi connectivity index (χ3n) is 3.16. The fourth-order valence-electron chi connectivity index (χ4n) is 2.19. The van der Waals surface area contributed by atoms with E-state index in [9.17, 15) is 4.79 Å². The predicted molar refractivity (Wildman–Crippen MR) is 73.3 cm³/mol. The molecule has 3 rings (SSSR count). The first-order valence-corrected chi connectivity index (χ1v) is 5.98. The Balaban J connectivity index is 2.13. The van der Waals surface area contributed by atoms with Crippen LogP contribution in [0.15, 0.2) is 52.9 Å². The molecule has 2 aromatic carbocycles. The van der Waals surface area contributed by atoms with E-state index in [1.807, 2.05) is 37.3 Å². The summed E-state index contributed by atoms with van der Waals surface area (Å²) < 4.78 is 5.79. The molecule has 0 aliphatic heterocycles. The zero-order valence-electron chi connectivity index (χ0n) is 10.4. The van der Waals surface area contributed by atoms with Crippen LogP contribution >= 0.6 is 0 Å². The molecule has 0 aliphatic rings. The van der Waals surface area contributed by atoms with E-state index < -0.39 is 5.97 Å². The van der Waals surface area contributed by atoms with Crippen LogP contribution in [0, 0.1) is 6.92 Å². The molecule has 0 atom stereocenters. The molecule has 3 aromatic rings. The van der Waals surface area contributed by atoms with E-state index in [4.69, 9.17) is 9.52 Å². The van der Waals surface area contributed by atoms with Gasteiger partial charge in [-0.1, -0.05) is 24.3 Å². The standard InChI is InChI=1S/C16H12O3/c1-10-8-12(16(17)18)6-7-13(10)15-9-11-4-2-3-5-14(11)19-15/h2-9H,1H3,(H,17,18). The number of hydrogen-bond acceptors (Lipinski definition) is 2. The SMILES string of the molecule is Cc1cc(C(=O)O)ccc1-c1cc2ccccc2o1. The number of carbonyl (C=O) groups is 1. The lowest BCUT2D eigenvalue weighted by Crippen LogP contribution is -1.96. The minimum Gasteiger partial charge on any atom is -0.478 e. The number of hydrogen-bond donors (Lipinski definition) is 1. The van der Waals surface area contributed by atoms with E-state index in [0.29, 0.717) is 0 Å². The van der Waals surface area contributed by atoms with Crippen molar-refractivity contribution in [3.05, 3.63) is 59.7 Å². The highest BCUT2D eigenvalue weighted by Crippen LogP contribution is 2.30. The summed E-state index contributed by atoms with van der Waals surface area (Å²) in [7, 11) is 0. The molecule has 19 heavy (non-hydrogen) atoms. The number of carboxylic acids is 1. The lowest BCUT2D eigenvalue weighted by atomic mass is 10.0. The number of fused-ring (bicyclic) bond motifs is 1. The van der Waals surface area contributed by atoms with Gasteiger partial charge in [-0.25, -0.2) is 4.79 Å². The largest absolute Gasteiger partial charge is 0.478 e. The summed E-state index contributed by atoms with van der Waals surface area (Å²) in [6.45, 7) is 1.88. The predicted octanol–water partition coefficient (Wildman–Crippen LogP) is 4.11. The van der Waals surface area contributed by atoms with Gasteiger partial charge in [0.05, 0.1) is 5.56 Å². The van der Waals surface area contributed by atoms with E-state index >= 15 is 0 Å². The molecule has 1 N–H and O–H groups in total. The van der Waals surface area contributed by atoms with E-state index in [1.54, 1.807) is 18.2 Å². The average Bonchev–Trinajstić information content (AvgIpc) is 2.81. The minimum absolute atomic E-state index is 0.289. The van der Waals surface area contributed by atoms with Crippen molar-refractivity contribution in [1.82, 2.24) is 0 Å². The molecule has 0 amide bonds. The van der Waals surface area contributed by atoms with E-state index in [0.717, 1.165) is 27.9 Å². The van der Waals surface area contributed by atoms with Gasteiger partial charge in [0.2, 0.25) is 0 Å². The number of para-hydroxylation sites is 1. The maximum absolute atomic E-state index is 10.9. The van der Waals surface area contributed by atoms with Gasteiger partial charge in [0.1, 0.15) is 11.3 Å². The zero-order valence-corrected chi connectivity index (χ0v) is 10.4. The molecular formula is C16H12O3. The van der Waals surface area contributed by atoms with Gasteiger partial charge in [-0.2, -0.15) is 0 Å². The minimum atomic E-state index is -0.917. The lowest BCUT2D eigenvalue weighted by molar-refractivity contribution is 0.0697. The molecule has 0 saturated carbocycles. The average molecular weight is 252 g/mol. The summed E-state index contributed by atoms with van der Waals surface area (Å²) in [5, 5.41) is 10.0. The van der Waals surface area contributed by atoms with Crippen molar-refractivity contribution in [3.8, 4) is 11.3 Å². The Labute approximate surface area is 110 Å². The molecule has 0 bridgehead atoms. The second-order valence-electron chi connectivity index (χ2n) is 4.48. The van der Waals surface area contributed by atoms with Gasteiger partial charge in [0.25, 0.3) is 0 Å². The highest BCUT2D eigenvalue weighted by Gasteiger charge is 2.10. The Kier molecular flexibility index (Phi) is 2.60. The number of benzene rings is 2. The molecule has 0 radical (unpaired) electrons. The lowest BCUT2D eigenvalue weighted by Gasteiger charge is -2.03. The second-order valence-corrected chi connectivity index (χ2v) is 4.48. The fraction of sp³-hybridized carbons (Fsp3) is 0.0625. The van der Waals surface area contributed by atoms with Crippen LogP contribution in [0.5, 0.6) is 0 Å². The second kappa shape index (κ2) is 4.28. The highest BCUT2D eigenvalue weighted by molar-refractivity contribution is 5.89. The number of furan rings is 1. The third-order valence-corrected chi connectivity index (χ3v) is 3.16. The Morgan fingerprint density at radius 2 is 1.89 bits per heavy atom. The fourth-order valence-corrected chi connectivity index (χ4v) is 2.19. The normalized spacial score (nSPS) is 10.8. The summed E-state index contributed by atoms with van der Waals surface area (Å²) in [4.78, 5) is 10.9. The number of aryl methyl sites for hydroxylation is 1. The molecule has 0 spiro atoms. The van der Waals surface area contributed by atoms with Gasteiger partial charge in [-0.15, -0.1) is 0 Å². The van der Waals surface area contributed by atoms with Crippen LogP contribution in [-0.2, 0) is 0 Å². The smallest absolute Gasteiger partial charge is 0.335 e. The van der Waals surface area contributed by atoms with Crippen LogP contribution in [0.2, 0.25) is 0 Å².